The first-order chi connectivity index (χ1) is 9.91. The normalized spacial score (nSPS) is 22.2. The molecule has 1 heterocycles. The molecule has 1 saturated heterocycles. The maximum absolute atomic E-state index is 12.3. The molecule has 116 valence electrons. The third-order valence-electron chi connectivity index (χ3n) is 3.86. The number of hydrogen-bond acceptors (Lipinski definition) is 4. The number of nitrogens with zero attached hydrogens (tertiary/aromatic N) is 1. The molecule has 2 rings (SSSR count). The molecular formula is C17H25NO3. The topological polar surface area (TPSA) is 49.8 Å². The quantitative estimate of drug-likeness (QED) is 0.844. The summed E-state index contributed by atoms with van der Waals surface area (Å²) in [6.07, 6.45) is 0.335. The summed E-state index contributed by atoms with van der Waals surface area (Å²) in [5.41, 5.74) is 1.55. The molecular weight excluding hydrogens is 266 g/mol. The van der Waals surface area contributed by atoms with Crippen LogP contribution in [0.2, 0.25) is 0 Å². The van der Waals surface area contributed by atoms with E-state index in [1.807, 2.05) is 45.0 Å². The summed E-state index contributed by atoms with van der Waals surface area (Å²) in [5, 5.41) is 9.31. The fourth-order valence-electron chi connectivity index (χ4n) is 2.96. The van der Waals surface area contributed by atoms with Gasteiger partial charge in [0.2, 0.25) is 0 Å². The molecule has 0 amide bonds. The van der Waals surface area contributed by atoms with Crippen LogP contribution >= 0.6 is 0 Å². The summed E-state index contributed by atoms with van der Waals surface area (Å²) < 4.78 is 5.79. The summed E-state index contributed by atoms with van der Waals surface area (Å²) in [7, 11) is 0. The molecule has 1 aromatic rings. The third kappa shape index (κ3) is 4.37. The van der Waals surface area contributed by atoms with E-state index >= 15 is 0 Å². The minimum absolute atomic E-state index is 0.0195. The highest BCUT2D eigenvalue weighted by Crippen LogP contribution is 2.21. The maximum atomic E-state index is 12.3. The monoisotopic (exact) mass is 291 g/mol. The molecule has 1 aromatic carbocycles. The van der Waals surface area contributed by atoms with Crippen LogP contribution in [0.5, 0.6) is 0 Å². The number of ketones is 1. The Morgan fingerprint density at radius 3 is 2.81 bits per heavy atom. The van der Waals surface area contributed by atoms with E-state index < -0.39 is 0 Å². The van der Waals surface area contributed by atoms with E-state index in [0.29, 0.717) is 19.5 Å². The Morgan fingerprint density at radius 2 is 2.14 bits per heavy atom. The van der Waals surface area contributed by atoms with Crippen molar-refractivity contribution in [3.8, 4) is 0 Å². The highest BCUT2D eigenvalue weighted by atomic mass is 16.5. The molecule has 1 unspecified atom stereocenters. The van der Waals surface area contributed by atoms with E-state index in [-0.39, 0.29) is 24.1 Å². The molecule has 0 aliphatic carbocycles. The molecule has 1 fully saturated rings. The number of aryl methyl sites for hydroxylation is 1. The van der Waals surface area contributed by atoms with Gasteiger partial charge in [-0.2, -0.15) is 0 Å². The molecule has 1 atom stereocenters. The number of aliphatic hydroxyl groups is 1. The fraction of sp³-hybridized carbons (Fsp3) is 0.588. The molecule has 1 N–H and O–H groups in total. The number of benzene rings is 1. The molecule has 4 heteroatoms. The minimum Gasteiger partial charge on any atom is -0.394 e. The number of aliphatic hydroxyl groups excluding tert-OH is 1. The van der Waals surface area contributed by atoms with Crippen LogP contribution in [0, 0.1) is 6.92 Å². The summed E-state index contributed by atoms with van der Waals surface area (Å²) in [6, 6.07) is 7.70. The first-order valence-corrected chi connectivity index (χ1v) is 7.51. The zero-order chi connectivity index (χ0) is 15.5. The van der Waals surface area contributed by atoms with E-state index in [0.717, 1.165) is 17.7 Å². The van der Waals surface area contributed by atoms with Crippen molar-refractivity contribution >= 4 is 5.78 Å². The lowest BCUT2D eigenvalue weighted by molar-refractivity contribution is -0.148. The lowest BCUT2D eigenvalue weighted by Crippen LogP contribution is -2.54. The minimum atomic E-state index is -0.280. The Labute approximate surface area is 126 Å². The predicted molar refractivity (Wildman–Crippen MR) is 82.6 cm³/mol. The van der Waals surface area contributed by atoms with Crippen molar-refractivity contribution in [2.45, 2.75) is 38.9 Å². The molecule has 1 aliphatic heterocycles. The SMILES string of the molecule is Cc1ccccc1C(=O)CCN1CC(CO)OC(C)(C)C1. The molecule has 0 radical (unpaired) electrons. The summed E-state index contributed by atoms with van der Waals surface area (Å²) in [6.45, 7) is 8.19. The lowest BCUT2D eigenvalue weighted by atomic mass is 10.0. The van der Waals surface area contributed by atoms with E-state index in [9.17, 15) is 9.90 Å². The average molecular weight is 291 g/mol. The van der Waals surface area contributed by atoms with E-state index in [2.05, 4.69) is 4.90 Å². The van der Waals surface area contributed by atoms with Gasteiger partial charge in [0.1, 0.15) is 0 Å². The second-order valence-corrected chi connectivity index (χ2v) is 6.41. The van der Waals surface area contributed by atoms with E-state index in [1.165, 1.54) is 0 Å². The van der Waals surface area contributed by atoms with Gasteiger partial charge in [0.25, 0.3) is 0 Å². The summed E-state index contributed by atoms with van der Waals surface area (Å²) in [5.74, 6) is 0.179. The number of ether oxygens (including phenoxy) is 1. The molecule has 0 spiro atoms. The van der Waals surface area contributed by atoms with Crippen molar-refractivity contribution in [3.05, 3.63) is 35.4 Å². The van der Waals surface area contributed by atoms with Gasteiger partial charge in [0.05, 0.1) is 18.3 Å². The van der Waals surface area contributed by atoms with Gasteiger partial charge >= 0.3 is 0 Å². The van der Waals surface area contributed by atoms with Gasteiger partial charge in [-0.25, -0.2) is 0 Å². The van der Waals surface area contributed by atoms with Crippen molar-refractivity contribution in [2.75, 3.05) is 26.2 Å². The Bertz CT molecular complexity index is 499. The molecule has 0 bridgehead atoms. The predicted octanol–water partition coefficient (Wildman–Crippen LogP) is 2.04. The third-order valence-corrected chi connectivity index (χ3v) is 3.86. The summed E-state index contributed by atoms with van der Waals surface area (Å²) >= 11 is 0. The lowest BCUT2D eigenvalue weighted by Gasteiger charge is -2.42. The van der Waals surface area contributed by atoms with Crippen LogP contribution in [-0.4, -0.2) is 53.7 Å². The maximum Gasteiger partial charge on any atom is 0.164 e. The van der Waals surface area contributed by atoms with E-state index in [4.69, 9.17) is 4.74 Å². The van der Waals surface area contributed by atoms with Gasteiger partial charge in [-0.1, -0.05) is 24.3 Å². The highest BCUT2D eigenvalue weighted by Gasteiger charge is 2.32. The highest BCUT2D eigenvalue weighted by molar-refractivity contribution is 5.97. The Balaban J connectivity index is 1.93. The fourth-order valence-corrected chi connectivity index (χ4v) is 2.96. The Kier molecular flexibility index (Phi) is 5.14. The second kappa shape index (κ2) is 6.69. The van der Waals surface area contributed by atoms with Crippen molar-refractivity contribution in [3.63, 3.8) is 0 Å². The van der Waals surface area contributed by atoms with Crippen LogP contribution in [0.3, 0.4) is 0 Å². The van der Waals surface area contributed by atoms with Crippen LogP contribution in [-0.2, 0) is 4.74 Å². The molecule has 1 aliphatic rings. The zero-order valence-electron chi connectivity index (χ0n) is 13.1. The van der Waals surface area contributed by atoms with Crippen LogP contribution < -0.4 is 0 Å². The van der Waals surface area contributed by atoms with Crippen molar-refractivity contribution < 1.29 is 14.6 Å². The van der Waals surface area contributed by atoms with Gasteiger partial charge in [0, 0.05) is 31.6 Å². The van der Waals surface area contributed by atoms with Crippen molar-refractivity contribution in [2.24, 2.45) is 0 Å². The number of morpholine rings is 1. The van der Waals surface area contributed by atoms with Crippen molar-refractivity contribution in [1.82, 2.24) is 4.90 Å². The number of Topliss-reactive ketones (excluding diaryl/α,β-unsaturated/α-hetero) is 1. The van der Waals surface area contributed by atoms with E-state index in [1.54, 1.807) is 0 Å². The largest absolute Gasteiger partial charge is 0.394 e. The number of carbonyl (C=O) groups excluding carboxylic acids is 1. The van der Waals surface area contributed by atoms with Crippen LogP contribution in [0.1, 0.15) is 36.2 Å². The molecule has 4 nitrogen and oxygen atoms in total. The van der Waals surface area contributed by atoms with Crippen LogP contribution in [0.15, 0.2) is 24.3 Å². The average Bonchev–Trinajstić information content (AvgIpc) is 2.43. The van der Waals surface area contributed by atoms with Gasteiger partial charge in [0.15, 0.2) is 5.78 Å². The number of carbonyl (C=O) groups is 1. The van der Waals surface area contributed by atoms with Crippen LogP contribution in [0.25, 0.3) is 0 Å². The standard InChI is InChI=1S/C17H25NO3/c1-13-6-4-5-7-15(13)16(20)8-9-18-10-14(11-19)21-17(2,3)12-18/h4-7,14,19H,8-12H2,1-3H3. The second-order valence-electron chi connectivity index (χ2n) is 6.41. The molecule has 21 heavy (non-hydrogen) atoms. The molecule has 0 saturated carbocycles. The first-order valence-electron chi connectivity index (χ1n) is 7.51. The smallest absolute Gasteiger partial charge is 0.164 e. The summed E-state index contributed by atoms with van der Waals surface area (Å²) in [4.78, 5) is 14.5. The van der Waals surface area contributed by atoms with Crippen LogP contribution in [0.4, 0.5) is 0 Å². The Morgan fingerprint density at radius 1 is 1.43 bits per heavy atom. The van der Waals surface area contributed by atoms with Gasteiger partial charge in [-0.15, -0.1) is 0 Å². The number of rotatable bonds is 5. The zero-order valence-corrected chi connectivity index (χ0v) is 13.1. The van der Waals surface area contributed by atoms with Crippen molar-refractivity contribution in [1.29, 1.82) is 0 Å². The first kappa shape index (κ1) is 16.1. The molecule has 0 aromatic heterocycles. The van der Waals surface area contributed by atoms with Gasteiger partial charge in [-0.3, -0.25) is 9.69 Å². The van der Waals surface area contributed by atoms with Gasteiger partial charge < -0.3 is 9.84 Å². The van der Waals surface area contributed by atoms with Gasteiger partial charge in [-0.05, 0) is 26.3 Å². The Hall–Kier alpha value is -1.23. The number of hydrogen-bond donors (Lipinski definition) is 1.